The number of ketones is 1. The number of benzene rings is 2. The molecule has 4 rings (SSSR count). The summed E-state index contributed by atoms with van der Waals surface area (Å²) in [5.41, 5.74) is 2.54. The fraction of sp³-hybridized carbons (Fsp3) is 0.0556. The van der Waals surface area contributed by atoms with Gasteiger partial charge in [-0.3, -0.25) is 9.89 Å². The molecule has 0 aliphatic carbocycles. The smallest absolute Gasteiger partial charge is 0.209 e. The molecule has 2 heterocycles. The fourth-order valence-corrected chi connectivity index (χ4v) is 3.37. The summed E-state index contributed by atoms with van der Waals surface area (Å²) in [6.07, 6.45) is 1.75. The standard InChI is InChI=1S/C18H13ClN4OS/c19-12-7-5-11(6-8-12)17-21-18(23-22-17)25-10-16(24)14-9-20-15-4-2-1-3-13(14)15/h1-9,20H,10H2,(H,21,22,23). The van der Waals surface area contributed by atoms with Gasteiger partial charge in [-0.25, -0.2) is 4.98 Å². The van der Waals surface area contributed by atoms with E-state index in [9.17, 15) is 4.79 Å². The van der Waals surface area contributed by atoms with Gasteiger partial charge in [0.25, 0.3) is 0 Å². The number of nitrogens with zero attached hydrogens (tertiary/aromatic N) is 2. The van der Waals surface area contributed by atoms with Gasteiger partial charge < -0.3 is 4.98 Å². The quantitative estimate of drug-likeness (QED) is 0.399. The van der Waals surface area contributed by atoms with Crippen molar-refractivity contribution in [1.82, 2.24) is 20.2 Å². The summed E-state index contributed by atoms with van der Waals surface area (Å²) >= 11 is 7.20. The maximum atomic E-state index is 12.5. The zero-order valence-electron chi connectivity index (χ0n) is 13.0. The lowest BCUT2D eigenvalue weighted by Crippen LogP contribution is -2.01. The van der Waals surface area contributed by atoms with Crippen LogP contribution in [0.15, 0.2) is 59.9 Å². The summed E-state index contributed by atoms with van der Waals surface area (Å²) < 4.78 is 0. The molecule has 7 heteroatoms. The summed E-state index contributed by atoms with van der Waals surface area (Å²) in [4.78, 5) is 20.0. The van der Waals surface area contributed by atoms with Crippen molar-refractivity contribution in [3.63, 3.8) is 0 Å². The lowest BCUT2D eigenvalue weighted by atomic mass is 10.1. The minimum Gasteiger partial charge on any atom is -0.360 e. The third-order valence-electron chi connectivity index (χ3n) is 3.80. The number of carbonyl (C=O) groups is 1. The van der Waals surface area contributed by atoms with Gasteiger partial charge in [0.05, 0.1) is 5.75 Å². The monoisotopic (exact) mass is 368 g/mol. The van der Waals surface area contributed by atoms with E-state index in [4.69, 9.17) is 11.6 Å². The van der Waals surface area contributed by atoms with Crippen molar-refractivity contribution < 1.29 is 4.79 Å². The maximum Gasteiger partial charge on any atom is 0.209 e. The number of thioether (sulfide) groups is 1. The molecule has 0 aliphatic heterocycles. The van der Waals surface area contributed by atoms with E-state index >= 15 is 0 Å². The van der Waals surface area contributed by atoms with Crippen LogP contribution < -0.4 is 0 Å². The van der Waals surface area contributed by atoms with Crippen LogP contribution in [0.25, 0.3) is 22.3 Å². The molecule has 0 spiro atoms. The second-order valence-electron chi connectivity index (χ2n) is 5.43. The third kappa shape index (κ3) is 3.31. The largest absolute Gasteiger partial charge is 0.360 e. The first-order chi connectivity index (χ1) is 12.2. The Labute approximate surface area is 152 Å². The van der Waals surface area contributed by atoms with Gasteiger partial charge in [-0.15, -0.1) is 5.10 Å². The number of Topliss-reactive ketones (excluding diaryl/α,β-unsaturated/α-hetero) is 1. The molecule has 0 fully saturated rings. The van der Waals surface area contributed by atoms with Crippen LogP contribution in [0, 0.1) is 0 Å². The average Bonchev–Trinajstić information content (AvgIpc) is 3.27. The number of nitrogens with one attached hydrogen (secondary N) is 2. The number of hydrogen-bond acceptors (Lipinski definition) is 4. The predicted molar refractivity (Wildman–Crippen MR) is 100 cm³/mol. The van der Waals surface area contributed by atoms with Crippen molar-refractivity contribution >= 4 is 40.0 Å². The molecule has 2 aromatic carbocycles. The molecule has 25 heavy (non-hydrogen) atoms. The van der Waals surface area contributed by atoms with E-state index in [1.165, 1.54) is 11.8 Å². The molecule has 0 atom stereocenters. The molecule has 0 unspecified atom stereocenters. The molecular formula is C18H13ClN4OS. The molecule has 5 nitrogen and oxygen atoms in total. The topological polar surface area (TPSA) is 74.4 Å². The molecule has 2 aromatic heterocycles. The molecule has 0 saturated carbocycles. The number of rotatable bonds is 5. The SMILES string of the molecule is O=C(CSc1n[nH]c(-c2ccc(Cl)cc2)n1)c1c[nH]c2ccccc12. The number of carbonyl (C=O) groups excluding carboxylic acids is 1. The Bertz CT molecular complexity index is 1040. The van der Waals surface area contributed by atoms with Crippen LogP contribution in [0.3, 0.4) is 0 Å². The molecular weight excluding hydrogens is 356 g/mol. The molecule has 124 valence electrons. The number of aromatic nitrogens is 4. The number of aromatic amines is 2. The van der Waals surface area contributed by atoms with Crippen molar-refractivity contribution in [2.45, 2.75) is 5.16 Å². The van der Waals surface area contributed by atoms with Crippen molar-refractivity contribution in [3.05, 3.63) is 65.3 Å². The Kier molecular flexibility index (Phi) is 4.29. The molecule has 0 aliphatic rings. The Hall–Kier alpha value is -2.57. The number of halogens is 1. The van der Waals surface area contributed by atoms with E-state index in [0.29, 0.717) is 21.6 Å². The molecule has 2 N–H and O–H groups in total. The Morgan fingerprint density at radius 3 is 2.76 bits per heavy atom. The van der Waals surface area contributed by atoms with Gasteiger partial charge in [-0.1, -0.05) is 41.6 Å². The lowest BCUT2D eigenvalue weighted by Gasteiger charge is -1.97. The van der Waals surface area contributed by atoms with Gasteiger partial charge in [0, 0.05) is 33.2 Å². The Balaban J connectivity index is 1.46. The Morgan fingerprint density at radius 1 is 1.12 bits per heavy atom. The van der Waals surface area contributed by atoms with E-state index in [-0.39, 0.29) is 11.5 Å². The first-order valence-electron chi connectivity index (χ1n) is 7.61. The Morgan fingerprint density at radius 2 is 1.92 bits per heavy atom. The minimum absolute atomic E-state index is 0.0419. The van der Waals surface area contributed by atoms with Crippen LogP contribution in [-0.2, 0) is 0 Å². The van der Waals surface area contributed by atoms with E-state index in [1.54, 1.807) is 18.3 Å². The number of hydrogen-bond donors (Lipinski definition) is 2. The molecule has 0 amide bonds. The van der Waals surface area contributed by atoms with Gasteiger partial charge in [0.1, 0.15) is 0 Å². The van der Waals surface area contributed by atoms with Crippen LogP contribution in [-0.4, -0.2) is 31.7 Å². The van der Waals surface area contributed by atoms with Crippen LogP contribution in [0.2, 0.25) is 5.02 Å². The fourth-order valence-electron chi connectivity index (χ4n) is 2.56. The van der Waals surface area contributed by atoms with E-state index in [0.717, 1.165) is 16.5 Å². The van der Waals surface area contributed by atoms with Crippen LogP contribution in [0.5, 0.6) is 0 Å². The summed E-state index contributed by atoms with van der Waals surface area (Å²) in [5.74, 6) is 0.971. The summed E-state index contributed by atoms with van der Waals surface area (Å²) in [5, 5.41) is 9.20. The normalized spacial score (nSPS) is 11.1. The molecule has 4 aromatic rings. The van der Waals surface area contributed by atoms with Crippen molar-refractivity contribution in [1.29, 1.82) is 0 Å². The first kappa shape index (κ1) is 15.9. The number of para-hydroxylation sites is 1. The van der Waals surface area contributed by atoms with Crippen LogP contribution in [0.1, 0.15) is 10.4 Å². The average molecular weight is 369 g/mol. The number of H-pyrrole nitrogens is 2. The van der Waals surface area contributed by atoms with Crippen molar-refractivity contribution in [3.8, 4) is 11.4 Å². The van der Waals surface area contributed by atoms with Crippen LogP contribution in [0.4, 0.5) is 0 Å². The lowest BCUT2D eigenvalue weighted by molar-refractivity contribution is 0.102. The highest BCUT2D eigenvalue weighted by atomic mass is 35.5. The summed E-state index contributed by atoms with van der Waals surface area (Å²) in [6.45, 7) is 0. The highest BCUT2D eigenvalue weighted by Gasteiger charge is 2.14. The van der Waals surface area contributed by atoms with Gasteiger partial charge in [-0.2, -0.15) is 0 Å². The van der Waals surface area contributed by atoms with E-state index < -0.39 is 0 Å². The highest BCUT2D eigenvalue weighted by Crippen LogP contribution is 2.23. The van der Waals surface area contributed by atoms with Crippen molar-refractivity contribution in [2.75, 3.05) is 5.75 Å². The minimum atomic E-state index is 0.0419. The predicted octanol–water partition coefficient (Wildman–Crippen LogP) is 4.58. The second-order valence-corrected chi connectivity index (χ2v) is 6.81. The number of fused-ring (bicyclic) bond motifs is 1. The van der Waals surface area contributed by atoms with Gasteiger partial charge >= 0.3 is 0 Å². The maximum absolute atomic E-state index is 12.5. The second kappa shape index (κ2) is 6.74. The molecule has 0 radical (unpaired) electrons. The molecule has 0 saturated heterocycles. The van der Waals surface area contributed by atoms with Gasteiger partial charge in [0.2, 0.25) is 5.16 Å². The van der Waals surface area contributed by atoms with Gasteiger partial charge in [0.15, 0.2) is 11.6 Å². The van der Waals surface area contributed by atoms with Gasteiger partial charge in [-0.05, 0) is 30.3 Å². The third-order valence-corrected chi connectivity index (χ3v) is 4.90. The van der Waals surface area contributed by atoms with Crippen LogP contribution >= 0.6 is 23.4 Å². The highest BCUT2D eigenvalue weighted by molar-refractivity contribution is 7.99. The zero-order chi connectivity index (χ0) is 17.2. The molecule has 0 bridgehead atoms. The van der Waals surface area contributed by atoms with E-state index in [2.05, 4.69) is 20.2 Å². The first-order valence-corrected chi connectivity index (χ1v) is 8.97. The summed E-state index contributed by atoms with van der Waals surface area (Å²) in [6, 6.07) is 15.1. The van der Waals surface area contributed by atoms with E-state index in [1.807, 2.05) is 36.4 Å². The summed E-state index contributed by atoms with van der Waals surface area (Å²) in [7, 11) is 0. The zero-order valence-corrected chi connectivity index (χ0v) is 14.6. The van der Waals surface area contributed by atoms with Crippen molar-refractivity contribution in [2.24, 2.45) is 0 Å².